The lowest BCUT2D eigenvalue weighted by atomic mass is 10.2. The van der Waals surface area contributed by atoms with Gasteiger partial charge in [0.1, 0.15) is 5.60 Å². The largest absolute Gasteiger partial charge is 0.444 e. The van der Waals surface area contributed by atoms with Gasteiger partial charge in [-0.25, -0.2) is 4.79 Å². The van der Waals surface area contributed by atoms with Gasteiger partial charge in [-0.1, -0.05) is 12.1 Å². The first-order valence-electron chi connectivity index (χ1n) is 5.05. The van der Waals surface area contributed by atoms with Crippen molar-refractivity contribution >= 4 is 23.4 Å². The Kier molecular flexibility index (Phi) is 4.19. The molecule has 88 valence electrons. The van der Waals surface area contributed by atoms with Gasteiger partial charge >= 0.3 is 6.09 Å². The number of amides is 1. The number of rotatable bonds is 2. The van der Waals surface area contributed by atoms with Gasteiger partial charge in [-0.3, -0.25) is 5.32 Å². The van der Waals surface area contributed by atoms with Gasteiger partial charge in [0, 0.05) is 11.6 Å². The highest BCUT2D eigenvalue weighted by Gasteiger charge is 2.16. The molecule has 16 heavy (non-hydrogen) atoms. The number of carbonyl (C=O) groups excluding carboxylic acids is 1. The van der Waals surface area contributed by atoms with Crippen LogP contribution in [0.1, 0.15) is 26.3 Å². The van der Waals surface area contributed by atoms with Crippen LogP contribution in [0.3, 0.4) is 0 Å². The Morgan fingerprint density at radius 1 is 1.44 bits per heavy atom. The molecular weight excluding hydrogens is 226 g/mol. The number of hydrogen-bond acceptors (Lipinski definition) is 2. The van der Waals surface area contributed by atoms with Crippen LogP contribution in [0.4, 0.5) is 10.5 Å². The molecule has 1 rings (SSSR count). The molecule has 0 radical (unpaired) electrons. The molecule has 0 aliphatic rings. The Hall–Kier alpha value is -1.22. The minimum atomic E-state index is -0.492. The number of anilines is 1. The van der Waals surface area contributed by atoms with E-state index in [1.807, 2.05) is 39.0 Å². The summed E-state index contributed by atoms with van der Waals surface area (Å²) in [5.74, 6) is 0.420. The van der Waals surface area contributed by atoms with Crippen LogP contribution in [0, 0.1) is 0 Å². The third-order valence-corrected chi connectivity index (χ3v) is 2.04. The number of hydrogen-bond donors (Lipinski definition) is 1. The van der Waals surface area contributed by atoms with Gasteiger partial charge in [0.15, 0.2) is 0 Å². The van der Waals surface area contributed by atoms with Crippen molar-refractivity contribution in [2.24, 2.45) is 0 Å². The van der Waals surface area contributed by atoms with Gasteiger partial charge in [0.25, 0.3) is 0 Å². The van der Waals surface area contributed by atoms with E-state index in [2.05, 4.69) is 5.32 Å². The summed E-state index contributed by atoms with van der Waals surface area (Å²) in [4.78, 5) is 11.5. The number of halogens is 1. The smallest absolute Gasteiger partial charge is 0.412 e. The maximum atomic E-state index is 11.5. The maximum absolute atomic E-state index is 11.5. The fourth-order valence-electron chi connectivity index (χ4n) is 1.15. The third-order valence-electron chi connectivity index (χ3n) is 1.73. The molecule has 0 bridgehead atoms. The van der Waals surface area contributed by atoms with Gasteiger partial charge in [-0.05, 0) is 38.5 Å². The molecule has 0 unspecified atom stereocenters. The molecule has 1 N–H and O–H groups in total. The number of carbonyl (C=O) groups is 1. The lowest BCUT2D eigenvalue weighted by Gasteiger charge is -2.19. The minimum Gasteiger partial charge on any atom is -0.444 e. The molecule has 3 nitrogen and oxygen atoms in total. The average molecular weight is 242 g/mol. The quantitative estimate of drug-likeness (QED) is 0.801. The molecule has 0 fully saturated rings. The SMILES string of the molecule is CC(C)(C)OC(=O)Nc1cccc(CCl)c1. The number of alkyl halides is 1. The molecule has 0 saturated heterocycles. The molecule has 0 spiro atoms. The lowest BCUT2D eigenvalue weighted by molar-refractivity contribution is 0.0636. The molecule has 0 saturated carbocycles. The first-order chi connectivity index (χ1) is 7.40. The molecule has 4 heteroatoms. The summed E-state index contributed by atoms with van der Waals surface area (Å²) < 4.78 is 5.13. The fraction of sp³-hybridized carbons (Fsp3) is 0.417. The van der Waals surface area contributed by atoms with Gasteiger partial charge in [-0.2, -0.15) is 0 Å². The molecule has 0 aromatic heterocycles. The molecule has 0 aliphatic heterocycles. The normalized spacial score (nSPS) is 11.0. The van der Waals surface area contributed by atoms with E-state index in [-0.39, 0.29) is 0 Å². The summed E-state index contributed by atoms with van der Waals surface area (Å²) in [6.45, 7) is 5.46. The van der Waals surface area contributed by atoms with Crippen molar-refractivity contribution in [3.05, 3.63) is 29.8 Å². The second-order valence-corrected chi connectivity index (χ2v) is 4.73. The first-order valence-corrected chi connectivity index (χ1v) is 5.59. The molecule has 0 heterocycles. The maximum Gasteiger partial charge on any atom is 0.412 e. The van der Waals surface area contributed by atoms with E-state index in [0.29, 0.717) is 11.6 Å². The number of nitrogens with one attached hydrogen (secondary N) is 1. The van der Waals surface area contributed by atoms with E-state index in [0.717, 1.165) is 5.56 Å². The zero-order chi connectivity index (χ0) is 12.2. The van der Waals surface area contributed by atoms with Gasteiger partial charge in [-0.15, -0.1) is 11.6 Å². The Labute approximate surface area is 101 Å². The van der Waals surface area contributed by atoms with Crippen LogP contribution in [-0.4, -0.2) is 11.7 Å². The summed E-state index contributed by atoms with van der Waals surface area (Å²) in [5.41, 5.74) is 1.15. The minimum absolute atomic E-state index is 0.420. The highest BCUT2D eigenvalue weighted by Crippen LogP contribution is 2.14. The molecule has 1 aromatic rings. The Balaban J connectivity index is 2.62. The predicted molar refractivity (Wildman–Crippen MR) is 65.9 cm³/mol. The van der Waals surface area contributed by atoms with Crippen molar-refractivity contribution in [2.75, 3.05) is 5.32 Å². The Bertz CT molecular complexity index is 372. The van der Waals surface area contributed by atoms with Crippen LogP contribution in [0.25, 0.3) is 0 Å². The topological polar surface area (TPSA) is 38.3 Å². The highest BCUT2D eigenvalue weighted by atomic mass is 35.5. The Morgan fingerprint density at radius 2 is 2.12 bits per heavy atom. The van der Waals surface area contributed by atoms with E-state index >= 15 is 0 Å². The van der Waals surface area contributed by atoms with E-state index < -0.39 is 11.7 Å². The third kappa shape index (κ3) is 4.53. The molecule has 0 atom stereocenters. The lowest BCUT2D eigenvalue weighted by Crippen LogP contribution is -2.27. The number of ether oxygens (including phenoxy) is 1. The fourth-order valence-corrected chi connectivity index (χ4v) is 1.32. The molecular formula is C12H16ClNO2. The van der Waals surface area contributed by atoms with Gasteiger partial charge in [0.05, 0.1) is 0 Å². The van der Waals surface area contributed by atoms with Crippen LogP contribution in [0.5, 0.6) is 0 Å². The van der Waals surface area contributed by atoms with E-state index in [1.54, 1.807) is 6.07 Å². The van der Waals surface area contributed by atoms with Crippen molar-refractivity contribution in [2.45, 2.75) is 32.3 Å². The van der Waals surface area contributed by atoms with Crippen molar-refractivity contribution in [1.82, 2.24) is 0 Å². The average Bonchev–Trinajstić information content (AvgIpc) is 2.15. The molecule has 1 amide bonds. The summed E-state index contributed by atoms with van der Waals surface area (Å²) >= 11 is 5.70. The van der Waals surface area contributed by atoms with Gasteiger partial charge < -0.3 is 4.74 Å². The van der Waals surface area contributed by atoms with Crippen LogP contribution in [0.15, 0.2) is 24.3 Å². The second-order valence-electron chi connectivity index (χ2n) is 4.46. The number of benzene rings is 1. The highest BCUT2D eigenvalue weighted by molar-refractivity contribution is 6.17. The van der Waals surface area contributed by atoms with Crippen LogP contribution < -0.4 is 5.32 Å². The first kappa shape index (κ1) is 12.8. The molecule has 0 aliphatic carbocycles. The zero-order valence-electron chi connectivity index (χ0n) is 9.71. The van der Waals surface area contributed by atoms with Crippen LogP contribution in [-0.2, 0) is 10.6 Å². The van der Waals surface area contributed by atoms with Crippen molar-refractivity contribution in [1.29, 1.82) is 0 Å². The summed E-state index contributed by atoms with van der Waals surface area (Å²) in [6.07, 6.45) is -0.459. The van der Waals surface area contributed by atoms with Crippen LogP contribution >= 0.6 is 11.6 Å². The summed E-state index contributed by atoms with van der Waals surface area (Å²) in [6, 6.07) is 7.34. The zero-order valence-corrected chi connectivity index (χ0v) is 10.5. The summed E-state index contributed by atoms with van der Waals surface area (Å²) in [7, 11) is 0. The van der Waals surface area contributed by atoms with Gasteiger partial charge in [0.2, 0.25) is 0 Å². The van der Waals surface area contributed by atoms with Crippen LogP contribution in [0.2, 0.25) is 0 Å². The van der Waals surface area contributed by atoms with E-state index in [4.69, 9.17) is 16.3 Å². The Morgan fingerprint density at radius 3 is 2.69 bits per heavy atom. The summed E-state index contributed by atoms with van der Waals surface area (Å²) in [5, 5.41) is 2.65. The molecule has 1 aromatic carbocycles. The predicted octanol–water partition coefficient (Wildman–Crippen LogP) is 3.77. The van der Waals surface area contributed by atoms with E-state index in [9.17, 15) is 4.79 Å². The second kappa shape index (κ2) is 5.21. The van der Waals surface area contributed by atoms with Crippen molar-refractivity contribution in [3.8, 4) is 0 Å². The van der Waals surface area contributed by atoms with E-state index in [1.165, 1.54) is 0 Å². The van der Waals surface area contributed by atoms with Crippen molar-refractivity contribution in [3.63, 3.8) is 0 Å². The van der Waals surface area contributed by atoms with Crippen molar-refractivity contribution < 1.29 is 9.53 Å². The monoisotopic (exact) mass is 241 g/mol. The standard InChI is InChI=1S/C12H16ClNO2/c1-12(2,3)16-11(15)14-10-6-4-5-9(7-10)8-13/h4-7H,8H2,1-3H3,(H,14,15).